The van der Waals surface area contributed by atoms with Crippen LogP contribution in [-0.4, -0.2) is 52.2 Å². The lowest BCUT2D eigenvalue weighted by atomic mass is 10.1. The average molecular weight is 505 g/mol. The molecule has 1 aliphatic rings. The highest BCUT2D eigenvalue weighted by molar-refractivity contribution is 6.74. The van der Waals surface area contributed by atoms with E-state index >= 15 is 0 Å². The third-order valence-corrected chi connectivity index (χ3v) is 17.5. The van der Waals surface area contributed by atoms with Crippen LogP contribution >= 0.6 is 0 Å². The Bertz CT molecular complexity index is 981. The molecule has 0 bridgehead atoms. The first-order chi connectivity index (χ1) is 15.5. The number of hydrogen-bond acceptors (Lipinski definition) is 5. The van der Waals surface area contributed by atoms with E-state index < -0.39 is 16.6 Å². The molecule has 2 heterocycles. The van der Waals surface area contributed by atoms with Gasteiger partial charge in [0.2, 0.25) is 0 Å². The van der Waals surface area contributed by atoms with Gasteiger partial charge in [0, 0.05) is 24.6 Å². The van der Waals surface area contributed by atoms with Crippen molar-refractivity contribution >= 4 is 38.9 Å². The van der Waals surface area contributed by atoms with E-state index in [1.165, 1.54) is 0 Å². The molecule has 0 atom stereocenters. The van der Waals surface area contributed by atoms with Crippen molar-refractivity contribution in [2.45, 2.75) is 103 Å². The lowest BCUT2D eigenvalue weighted by Crippen LogP contribution is -2.47. The third kappa shape index (κ3) is 5.89. The van der Waals surface area contributed by atoms with Gasteiger partial charge in [-0.2, -0.15) is 5.10 Å². The number of anilines is 2. The van der Waals surface area contributed by atoms with Crippen LogP contribution in [0, 0.1) is 0 Å². The van der Waals surface area contributed by atoms with Gasteiger partial charge in [-0.15, -0.1) is 0 Å². The van der Waals surface area contributed by atoms with Gasteiger partial charge in [0.05, 0.1) is 36.2 Å². The number of aromatic nitrogens is 2. The first-order valence-corrected chi connectivity index (χ1v) is 18.7. The molecule has 1 fully saturated rings. The summed E-state index contributed by atoms with van der Waals surface area (Å²) in [5.41, 5.74) is 9.57. The summed E-state index contributed by atoms with van der Waals surface area (Å²) in [6.45, 7) is 26.4. The van der Waals surface area contributed by atoms with E-state index in [4.69, 9.17) is 14.6 Å². The topological polar surface area (TPSA) is 65.5 Å². The quantitative estimate of drug-likeness (QED) is 0.338. The smallest absolute Gasteiger partial charge is 0.192 e. The van der Waals surface area contributed by atoms with E-state index in [2.05, 4.69) is 94.5 Å². The molecule has 1 aromatic carbocycles. The fourth-order valence-electron chi connectivity index (χ4n) is 4.00. The highest BCUT2D eigenvalue weighted by Crippen LogP contribution is 2.39. The summed E-state index contributed by atoms with van der Waals surface area (Å²) in [6.07, 6.45) is 4.36. The van der Waals surface area contributed by atoms with Crippen LogP contribution < -0.4 is 10.6 Å². The van der Waals surface area contributed by atoms with Crippen molar-refractivity contribution in [1.29, 1.82) is 0 Å². The molecule has 3 rings (SSSR count). The van der Waals surface area contributed by atoms with Crippen LogP contribution in [-0.2, 0) is 15.4 Å². The van der Waals surface area contributed by atoms with Crippen molar-refractivity contribution < 1.29 is 8.85 Å². The Morgan fingerprint density at radius 1 is 0.971 bits per heavy atom. The molecule has 0 radical (unpaired) electrons. The summed E-state index contributed by atoms with van der Waals surface area (Å²) in [6, 6.07) is 4.29. The zero-order valence-corrected chi connectivity index (χ0v) is 25.3. The maximum atomic E-state index is 6.69. The standard InChI is InChI=1S/C26H48N4O2Si2/c1-25(2,3)33(7,8)31-16-15-30-23-18-24(22(27)17-20(23)19-28-30)29-13-11-21(12-14-29)32-34(9,10)26(4,5)6/h17-19,21H,11-16,27H2,1-10H3. The van der Waals surface area contributed by atoms with Crippen molar-refractivity contribution in [3.05, 3.63) is 18.3 Å². The Hall–Kier alpha value is -1.36. The summed E-state index contributed by atoms with van der Waals surface area (Å²) in [5, 5.41) is 6.18. The number of nitrogens with two attached hydrogens (primary N) is 1. The van der Waals surface area contributed by atoms with Gasteiger partial charge in [0.1, 0.15) is 0 Å². The summed E-state index contributed by atoms with van der Waals surface area (Å²) < 4.78 is 15.1. The van der Waals surface area contributed by atoms with Crippen molar-refractivity contribution in [2.75, 3.05) is 30.3 Å². The van der Waals surface area contributed by atoms with E-state index in [1.807, 2.05) is 6.20 Å². The third-order valence-electron chi connectivity index (χ3n) is 8.41. The summed E-state index contributed by atoms with van der Waals surface area (Å²) in [7, 11) is -3.51. The molecule has 34 heavy (non-hydrogen) atoms. The fraction of sp³-hybridized carbons (Fsp3) is 0.731. The van der Waals surface area contributed by atoms with Crippen molar-refractivity contribution in [1.82, 2.24) is 9.78 Å². The molecule has 0 saturated carbocycles. The van der Waals surface area contributed by atoms with Gasteiger partial charge in [-0.25, -0.2) is 0 Å². The molecule has 1 aliphatic heterocycles. The first-order valence-electron chi connectivity index (χ1n) is 12.8. The van der Waals surface area contributed by atoms with Crippen LogP contribution in [0.15, 0.2) is 18.3 Å². The zero-order chi connectivity index (χ0) is 25.5. The second-order valence-electron chi connectivity index (χ2n) is 13.0. The number of hydrogen-bond donors (Lipinski definition) is 1. The average Bonchev–Trinajstić information content (AvgIpc) is 3.07. The number of piperidine rings is 1. The van der Waals surface area contributed by atoms with Gasteiger partial charge in [-0.05, 0) is 61.2 Å². The SMILES string of the molecule is CC(C)(C)[Si](C)(C)OCCn1ncc2cc(N)c(N3CCC(O[Si](C)(C)C(C)(C)C)CC3)cc21. The molecule has 1 saturated heterocycles. The molecule has 0 amide bonds. The van der Waals surface area contributed by atoms with Crippen LogP contribution in [0.4, 0.5) is 11.4 Å². The summed E-state index contributed by atoms with van der Waals surface area (Å²) in [4.78, 5) is 2.42. The number of nitrogen functional groups attached to an aromatic ring is 1. The van der Waals surface area contributed by atoms with E-state index in [1.54, 1.807) is 0 Å². The minimum Gasteiger partial charge on any atom is -0.415 e. The van der Waals surface area contributed by atoms with Gasteiger partial charge in [0.25, 0.3) is 0 Å². The minimum absolute atomic E-state index is 0.210. The van der Waals surface area contributed by atoms with Crippen molar-refractivity contribution in [2.24, 2.45) is 0 Å². The van der Waals surface area contributed by atoms with Crippen molar-refractivity contribution in [3.63, 3.8) is 0 Å². The normalized spacial score (nSPS) is 17.1. The maximum absolute atomic E-state index is 6.69. The van der Waals surface area contributed by atoms with Gasteiger partial charge < -0.3 is 19.5 Å². The molecular weight excluding hydrogens is 456 g/mol. The molecule has 6 nitrogen and oxygen atoms in total. The Morgan fingerprint density at radius 3 is 2.12 bits per heavy atom. The van der Waals surface area contributed by atoms with Gasteiger partial charge in [-0.1, -0.05) is 41.5 Å². The number of nitrogens with zero attached hydrogens (tertiary/aromatic N) is 3. The Balaban J connectivity index is 1.68. The Labute approximate surface area is 209 Å². The maximum Gasteiger partial charge on any atom is 0.192 e. The molecule has 192 valence electrons. The molecule has 2 N–H and O–H groups in total. The van der Waals surface area contributed by atoms with E-state index in [-0.39, 0.29) is 10.1 Å². The first kappa shape index (κ1) is 27.2. The second-order valence-corrected chi connectivity index (χ2v) is 22.6. The van der Waals surface area contributed by atoms with Crippen LogP contribution in [0.3, 0.4) is 0 Å². The monoisotopic (exact) mass is 504 g/mol. The molecule has 1 aromatic heterocycles. The molecule has 0 unspecified atom stereocenters. The van der Waals surface area contributed by atoms with Crippen LogP contribution in [0.2, 0.25) is 36.3 Å². The molecule has 8 heteroatoms. The van der Waals surface area contributed by atoms with Crippen LogP contribution in [0.1, 0.15) is 54.4 Å². The highest BCUT2D eigenvalue weighted by Gasteiger charge is 2.40. The number of fused-ring (bicyclic) bond motifs is 1. The lowest BCUT2D eigenvalue weighted by molar-refractivity contribution is 0.152. The zero-order valence-electron chi connectivity index (χ0n) is 23.3. The van der Waals surface area contributed by atoms with Gasteiger partial charge in [0.15, 0.2) is 16.6 Å². The molecule has 0 spiro atoms. The molecule has 2 aromatic rings. The Kier molecular flexibility index (Phi) is 7.69. The molecular formula is C26H48N4O2Si2. The largest absolute Gasteiger partial charge is 0.415 e. The summed E-state index contributed by atoms with van der Waals surface area (Å²) in [5.74, 6) is 0. The number of benzene rings is 1. The second kappa shape index (κ2) is 9.60. The summed E-state index contributed by atoms with van der Waals surface area (Å²) >= 11 is 0. The van der Waals surface area contributed by atoms with Crippen LogP contribution in [0.5, 0.6) is 0 Å². The highest BCUT2D eigenvalue weighted by atomic mass is 28.4. The molecule has 0 aliphatic carbocycles. The minimum atomic E-state index is -1.77. The number of rotatable bonds is 7. The van der Waals surface area contributed by atoms with Gasteiger partial charge >= 0.3 is 0 Å². The lowest BCUT2D eigenvalue weighted by Gasteiger charge is -2.42. The predicted octanol–water partition coefficient (Wildman–Crippen LogP) is 6.63. The van der Waals surface area contributed by atoms with Crippen molar-refractivity contribution in [3.8, 4) is 0 Å². The van der Waals surface area contributed by atoms with Crippen LogP contribution in [0.25, 0.3) is 10.9 Å². The van der Waals surface area contributed by atoms with E-state index in [9.17, 15) is 0 Å². The Morgan fingerprint density at radius 2 is 1.56 bits per heavy atom. The van der Waals surface area contributed by atoms with E-state index in [0.717, 1.165) is 54.8 Å². The van der Waals surface area contributed by atoms with Gasteiger partial charge in [-0.3, -0.25) is 4.68 Å². The predicted molar refractivity (Wildman–Crippen MR) is 151 cm³/mol. The van der Waals surface area contributed by atoms with E-state index in [0.29, 0.717) is 12.7 Å². The fourth-order valence-corrected chi connectivity index (χ4v) is 6.45.